The first-order chi connectivity index (χ1) is 13.0. The summed E-state index contributed by atoms with van der Waals surface area (Å²) in [5.41, 5.74) is 2.28. The standard InChI is InChI=1S/C19H22N4O2S2/c1-13-14(2)23(11-15-6-5-9-25-15)18(16(13)10-20)21-17(24)12-27-19(26)22-7-3-4-8-22/h5-6,9H,3-4,7-8,11-12H2,1-2H3,(H,21,24). The number of anilines is 1. The van der Waals surface area contributed by atoms with Crippen LogP contribution in [0.3, 0.4) is 0 Å². The molecular weight excluding hydrogens is 380 g/mol. The lowest BCUT2D eigenvalue weighted by molar-refractivity contribution is -0.113. The van der Waals surface area contributed by atoms with Crippen LogP contribution in [0.15, 0.2) is 22.8 Å². The van der Waals surface area contributed by atoms with Gasteiger partial charge in [-0.25, -0.2) is 0 Å². The van der Waals surface area contributed by atoms with Crippen molar-refractivity contribution in [2.24, 2.45) is 0 Å². The second-order valence-electron chi connectivity index (χ2n) is 6.51. The first-order valence-corrected chi connectivity index (χ1v) is 10.2. The monoisotopic (exact) mass is 402 g/mol. The highest BCUT2D eigenvalue weighted by atomic mass is 32.2. The molecule has 8 heteroatoms. The average molecular weight is 403 g/mol. The largest absolute Gasteiger partial charge is 0.467 e. The molecule has 1 fully saturated rings. The lowest BCUT2D eigenvalue weighted by Gasteiger charge is -2.17. The number of thioether (sulfide) groups is 1. The fourth-order valence-corrected chi connectivity index (χ4v) is 4.22. The molecule has 0 aromatic carbocycles. The van der Waals surface area contributed by atoms with Crippen molar-refractivity contribution in [3.63, 3.8) is 0 Å². The number of carbonyl (C=O) groups excluding carboxylic acids is 1. The number of thiocarbonyl (C=S) groups is 1. The molecule has 1 N–H and O–H groups in total. The molecule has 1 aliphatic heterocycles. The number of nitriles is 1. The highest BCUT2D eigenvalue weighted by molar-refractivity contribution is 8.23. The Hall–Kier alpha value is -2.24. The molecule has 27 heavy (non-hydrogen) atoms. The summed E-state index contributed by atoms with van der Waals surface area (Å²) in [6.45, 7) is 6.22. The second-order valence-corrected chi connectivity index (χ2v) is 8.12. The molecule has 1 saturated heterocycles. The summed E-state index contributed by atoms with van der Waals surface area (Å²) in [6.07, 6.45) is 3.91. The summed E-state index contributed by atoms with van der Waals surface area (Å²) >= 11 is 6.78. The van der Waals surface area contributed by atoms with Crippen molar-refractivity contribution in [2.45, 2.75) is 33.2 Å². The molecule has 3 rings (SSSR count). The quantitative estimate of drug-likeness (QED) is 0.769. The maximum atomic E-state index is 12.5. The number of nitrogens with zero attached hydrogens (tertiary/aromatic N) is 3. The Morgan fingerprint density at radius 1 is 1.41 bits per heavy atom. The third kappa shape index (κ3) is 4.37. The van der Waals surface area contributed by atoms with Gasteiger partial charge in [-0.3, -0.25) is 4.79 Å². The van der Waals surface area contributed by atoms with Gasteiger partial charge in [-0.2, -0.15) is 5.26 Å². The second kappa shape index (κ2) is 8.63. The number of carbonyl (C=O) groups is 1. The average Bonchev–Trinajstić information content (AvgIpc) is 3.40. The number of hydrogen-bond acceptors (Lipinski definition) is 5. The zero-order chi connectivity index (χ0) is 19.4. The predicted octanol–water partition coefficient (Wildman–Crippen LogP) is 3.67. The first kappa shape index (κ1) is 19.5. The molecule has 142 valence electrons. The number of nitrogens with one attached hydrogen (secondary N) is 1. The van der Waals surface area contributed by atoms with E-state index in [-0.39, 0.29) is 11.7 Å². The van der Waals surface area contributed by atoms with Crippen molar-refractivity contribution in [2.75, 3.05) is 24.2 Å². The molecule has 0 saturated carbocycles. The summed E-state index contributed by atoms with van der Waals surface area (Å²) in [7, 11) is 0. The molecule has 0 atom stereocenters. The van der Waals surface area contributed by atoms with Crippen LogP contribution in [0.2, 0.25) is 0 Å². The smallest absolute Gasteiger partial charge is 0.235 e. The lowest BCUT2D eigenvalue weighted by Crippen LogP contribution is -2.26. The summed E-state index contributed by atoms with van der Waals surface area (Å²) in [4.78, 5) is 14.7. The highest BCUT2D eigenvalue weighted by Gasteiger charge is 2.21. The Labute approximate surface area is 168 Å². The Bertz CT molecular complexity index is 875. The van der Waals surface area contributed by atoms with Crippen LogP contribution in [-0.4, -0.2) is 38.5 Å². The van der Waals surface area contributed by atoms with Gasteiger partial charge in [-0.15, -0.1) is 0 Å². The van der Waals surface area contributed by atoms with Crippen LogP contribution >= 0.6 is 24.0 Å². The number of furan rings is 1. The minimum absolute atomic E-state index is 0.170. The van der Waals surface area contributed by atoms with Gasteiger partial charge in [-0.05, 0) is 44.4 Å². The number of hydrogen-bond donors (Lipinski definition) is 1. The van der Waals surface area contributed by atoms with Crippen LogP contribution in [0, 0.1) is 25.2 Å². The van der Waals surface area contributed by atoms with Gasteiger partial charge in [0.05, 0.1) is 24.1 Å². The van der Waals surface area contributed by atoms with Crippen molar-refractivity contribution in [3.8, 4) is 6.07 Å². The molecule has 2 aromatic rings. The Balaban J connectivity index is 1.72. The molecule has 6 nitrogen and oxygen atoms in total. The van der Waals surface area contributed by atoms with Gasteiger partial charge in [0.1, 0.15) is 22.0 Å². The molecule has 0 bridgehead atoms. The Kier molecular flexibility index (Phi) is 6.24. The Morgan fingerprint density at radius 3 is 2.78 bits per heavy atom. The van der Waals surface area contributed by atoms with Crippen molar-refractivity contribution in [3.05, 3.63) is 41.0 Å². The van der Waals surface area contributed by atoms with Gasteiger partial charge in [0, 0.05) is 18.8 Å². The molecule has 0 unspecified atom stereocenters. The van der Waals surface area contributed by atoms with E-state index in [4.69, 9.17) is 16.6 Å². The van der Waals surface area contributed by atoms with E-state index < -0.39 is 0 Å². The maximum Gasteiger partial charge on any atom is 0.235 e. The lowest BCUT2D eigenvalue weighted by atomic mass is 10.2. The van der Waals surface area contributed by atoms with Gasteiger partial charge in [0.2, 0.25) is 5.91 Å². The van der Waals surface area contributed by atoms with Crippen LogP contribution in [-0.2, 0) is 11.3 Å². The molecular formula is C19H22N4O2S2. The topological polar surface area (TPSA) is 74.2 Å². The fraction of sp³-hybridized carbons (Fsp3) is 0.421. The summed E-state index contributed by atoms with van der Waals surface area (Å²) in [5, 5.41) is 12.5. The van der Waals surface area contributed by atoms with Crippen LogP contribution in [0.4, 0.5) is 5.82 Å². The van der Waals surface area contributed by atoms with Crippen molar-refractivity contribution < 1.29 is 9.21 Å². The SMILES string of the molecule is Cc1c(C#N)c(NC(=O)CSC(=S)N2CCCC2)n(Cc2ccco2)c1C. The summed E-state index contributed by atoms with van der Waals surface area (Å²) < 4.78 is 8.10. The van der Waals surface area contributed by atoms with E-state index in [9.17, 15) is 10.1 Å². The van der Waals surface area contributed by atoms with E-state index in [0.29, 0.717) is 17.9 Å². The highest BCUT2D eigenvalue weighted by Crippen LogP contribution is 2.28. The molecule has 0 aliphatic carbocycles. The van der Waals surface area contributed by atoms with Crippen LogP contribution < -0.4 is 5.32 Å². The Morgan fingerprint density at radius 2 is 2.15 bits per heavy atom. The first-order valence-electron chi connectivity index (χ1n) is 8.85. The van der Waals surface area contributed by atoms with Crippen molar-refractivity contribution in [1.29, 1.82) is 5.26 Å². The van der Waals surface area contributed by atoms with E-state index in [1.807, 2.05) is 30.5 Å². The van der Waals surface area contributed by atoms with Gasteiger partial charge in [0.15, 0.2) is 0 Å². The number of likely N-dealkylation sites (tertiary alicyclic amines) is 1. The zero-order valence-electron chi connectivity index (χ0n) is 15.4. The normalized spacial score (nSPS) is 13.6. The van der Waals surface area contributed by atoms with Gasteiger partial charge >= 0.3 is 0 Å². The van der Waals surface area contributed by atoms with E-state index in [1.54, 1.807) is 6.26 Å². The van der Waals surface area contributed by atoms with E-state index >= 15 is 0 Å². The van der Waals surface area contributed by atoms with E-state index in [0.717, 1.165) is 47.3 Å². The van der Waals surface area contributed by atoms with Crippen molar-refractivity contribution in [1.82, 2.24) is 9.47 Å². The minimum Gasteiger partial charge on any atom is -0.467 e. The third-order valence-electron chi connectivity index (χ3n) is 4.78. The molecule has 2 aromatic heterocycles. The van der Waals surface area contributed by atoms with Gasteiger partial charge < -0.3 is 19.2 Å². The molecule has 1 amide bonds. The van der Waals surface area contributed by atoms with Gasteiger partial charge in [0.25, 0.3) is 0 Å². The number of aromatic nitrogens is 1. The van der Waals surface area contributed by atoms with Crippen molar-refractivity contribution >= 4 is 40.0 Å². The minimum atomic E-state index is -0.170. The molecule has 0 radical (unpaired) electrons. The fourth-order valence-electron chi connectivity index (χ4n) is 3.17. The van der Waals surface area contributed by atoms with E-state index in [2.05, 4.69) is 16.3 Å². The zero-order valence-corrected chi connectivity index (χ0v) is 17.1. The van der Waals surface area contributed by atoms with Crippen LogP contribution in [0.25, 0.3) is 0 Å². The van der Waals surface area contributed by atoms with E-state index in [1.165, 1.54) is 11.8 Å². The predicted molar refractivity (Wildman–Crippen MR) is 111 cm³/mol. The summed E-state index contributed by atoms with van der Waals surface area (Å²) in [6, 6.07) is 5.90. The summed E-state index contributed by atoms with van der Waals surface area (Å²) in [5.74, 6) is 1.33. The molecule has 0 spiro atoms. The molecule has 3 heterocycles. The maximum absolute atomic E-state index is 12.5. The molecule has 1 aliphatic rings. The van der Waals surface area contributed by atoms with Gasteiger partial charge in [-0.1, -0.05) is 24.0 Å². The number of amides is 1. The van der Waals surface area contributed by atoms with Crippen LogP contribution in [0.5, 0.6) is 0 Å². The number of rotatable bonds is 5. The van der Waals surface area contributed by atoms with Crippen LogP contribution in [0.1, 0.15) is 35.4 Å². The third-order valence-corrected chi connectivity index (χ3v) is 6.31.